The van der Waals surface area contributed by atoms with E-state index in [-0.39, 0.29) is 11.9 Å². The predicted octanol–water partition coefficient (Wildman–Crippen LogP) is 2.28. The molecule has 2 atom stereocenters. The summed E-state index contributed by atoms with van der Waals surface area (Å²) in [4.78, 5) is 25.9. The number of carboxylic acid groups (broad SMARTS) is 1. The summed E-state index contributed by atoms with van der Waals surface area (Å²) in [6.45, 7) is 1.10. The van der Waals surface area contributed by atoms with Gasteiger partial charge in [0.05, 0.1) is 30.5 Å². The monoisotopic (exact) mass is 384 g/mol. The lowest BCUT2D eigenvalue weighted by Crippen LogP contribution is -2.41. The second-order valence-corrected chi connectivity index (χ2v) is 7.54. The van der Waals surface area contributed by atoms with Crippen LogP contribution in [0.4, 0.5) is 4.79 Å². The Kier molecular flexibility index (Phi) is 4.70. The molecule has 2 fully saturated rings. The third-order valence-electron chi connectivity index (χ3n) is 5.99. The Morgan fingerprint density at radius 1 is 1.32 bits per heavy atom. The molecule has 0 unspecified atom stereocenters. The maximum atomic E-state index is 12.5. The molecule has 8 heteroatoms. The van der Waals surface area contributed by atoms with E-state index < -0.39 is 11.4 Å². The molecule has 1 aliphatic carbocycles. The molecule has 2 heterocycles. The standard InChI is InChI=1S/C20H24N4O4/c1-28-17-6-4-16(5-7-17)24-10-8-15(22-24)11-21-19(27)23-12-14-3-2-9-20(14,13-23)18(25)26/h4-8,10,14H,2-3,9,11-13H2,1H3,(H,21,27)(H,25,26)/t14-,20+/m0/s1. The average Bonchev–Trinajstić information content (AvgIpc) is 3.40. The van der Waals surface area contributed by atoms with E-state index in [4.69, 9.17) is 4.74 Å². The van der Waals surface area contributed by atoms with Crippen LogP contribution in [-0.4, -0.2) is 52.0 Å². The lowest BCUT2D eigenvalue weighted by atomic mass is 9.81. The molecule has 1 aliphatic heterocycles. The molecule has 2 amide bonds. The van der Waals surface area contributed by atoms with Gasteiger partial charge >= 0.3 is 12.0 Å². The number of ether oxygens (including phenoxy) is 1. The number of methoxy groups -OCH3 is 1. The zero-order valence-corrected chi connectivity index (χ0v) is 15.8. The highest BCUT2D eigenvalue weighted by molar-refractivity contribution is 5.80. The number of hydrogen-bond donors (Lipinski definition) is 2. The minimum absolute atomic E-state index is 0.0602. The van der Waals surface area contributed by atoms with Gasteiger partial charge in [0.25, 0.3) is 0 Å². The molecule has 8 nitrogen and oxygen atoms in total. The molecule has 2 aliphatic rings. The molecule has 4 rings (SSSR count). The number of aromatic nitrogens is 2. The van der Waals surface area contributed by atoms with E-state index in [1.165, 1.54) is 0 Å². The van der Waals surface area contributed by atoms with Crippen LogP contribution in [-0.2, 0) is 11.3 Å². The van der Waals surface area contributed by atoms with E-state index in [1.807, 2.05) is 36.5 Å². The van der Waals surface area contributed by atoms with Gasteiger partial charge in [-0.25, -0.2) is 9.48 Å². The summed E-state index contributed by atoms with van der Waals surface area (Å²) in [5, 5.41) is 17.0. The second kappa shape index (κ2) is 7.18. The van der Waals surface area contributed by atoms with E-state index in [2.05, 4.69) is 10.4 Å². The number of nitrogens with one attached hydrogen (secondary N) is 1. The quantitative estimate of drug-likeness (QED) is 0.824. The molecule has 2 N–H and O–H groups in total. The number of urea groups is 1. The van der Waals surface area contributed by atoms with E-state index in [0.29, 0.717) is 26.1 Å². The molecule has 0 radical (unpaired) electrons. The van der Waals surface area contributed by atoms with Gasteiger partial charge < -0.3 is 20.1 Å². The second-order valence-electron chi connectivity index (χ2n) is 7.54. The molecule has 1 saturated carbocycles. The number of fused-ring (bicyclic) bond motifs is 1. The van der Waals surface area contributed by atoms with Crippen molar-refractivity contribution in [1.29, 1.82) is 0 Å². The lowest BCUT2D eigenvalue weighted by Gasteiger charge is -2.23. The maximum absolute atomic E-state index is 12.5. The predicted molar refractivity (Wildman–Crippen MR) is 101 cm³/mol. The van der Waals surface area contributed by atoms with Crippen LogP contribution < -0.4 is 10.1 Å². The van der Waals surface area contributed by atoms with Crippen molar-refractivity contribution in [1.82, 2.24) is 20.0 Å². The molecule has 148 valence electrons. The van der Waals surface area contributed by atoms with Crippen molar-refractivity contribution in [3.8, 4) is 11.4 Å². The SMILES string of the molecule is COc1ccc(-n2ccc(CNC(=O)N3C[C@@H]4CCC[C@@]4(C(=O)O)C3)n2)cc1. The molecule has 28 heavy (non-hydrogen) atoms. The molecular formula is C20H24N4O4. The summed E-state index contributed by atoms with van der Waals surface area (Å²) in [5.41, 5.74) is 0.874. The van der Waals surface area contributed by atoms with Crippen LogP contribution in [0.3, 0.4) is 0 Å². The Hall–Kier alpha value is -3.03. The first-order chi connectivity index (χ1) is 13.5. The topological polar surface area (TPSA) is 96.7 Å². The van der Waals surface area contributed by atoms with Crippen LogP contribution in [0.25, 0.3) is 5.69 Å². The molecule has 1 saturated heterocycles. The number of carbonyl (C=O) groups is 2. The summed E-state index contributed by atoms with van der Waals surface area (Å²) in [6, 6.07) is 9.16. The van der Waals surface area contributed by atoms with Gasteiger partial charge in [0.1, 0.15) is 5.75 Å². The number of nitrogens with zero attached hydrogens (tertiary/aromatic N) is 3. The van der Waals surface area contributed by atoms with Crippen LogP contribution in [0.1, 0.15) is 25.0 Å². The van der Waals surface area contributed by atoms with Crippen molar-refractivity contribution < 1.29 is 19.4 Å². The van der Waals surface area contributed by atoms with Crippen molar-refractivity contribution in [2.24, 2.45) is 11.3 Å². The van der Waals surface area contributed by atoms with E-state index >= 15 is 0 Å². The Labute approximate surface area is 163 Å². The number of amides is 2. The Morgan fingerprint density at radius 2 is 2.11 bits per heavy atom. The fourth-order valence-corrected chi connectivity index (χ4v) is 4.41. The van der Waals surface area contributed by atoms with Gasteiger partial charge in [0.15, 0.2) is 0 Å². The number of aliphatic carboxylic acids is 1. The number of likely N-dealkylation sites (tertiary alicyclic amines) is 1. The number of carbonyl (C=O) groups excluding carboxylic acids is 1. The van der Waals surface area contributed by atoms with E-state index in [1.54, 1.807) is 16.7 Å². The van der Waals surface area contributed by atoms with Gasteiger partial charge in [-0.2, -0.15) is 5.10 Å². The summed E-state index contributed by atoms with van der Waals surface area (Å²) >= 11 is 0. The molecule has 1 aromatic heterocycles. The first-order valence-corrected chi connectivity index (χ1v) is 9.47. The van der Waals surface area contributed by atoms with E-state index in [9.17, 15) is 14.7 Å². The van der Waals surface area contributed by atoms with Gasteiger partial charge in [-0.1, -0.05) is 6.42 Å². The summed E-state index contributed by atoms with van der Waals surface area (Å²) < 4.78 is 6.89. The number of benzene rings is 1. The van der Waals surface area contributed by atoms with Crippen LogP contribution in [0, 0.1) is 11.3 Å². The molecule has 2 aromatic rings. The van der Waals surface area contributed by atoms with Crippen molar-refractivity contribution >= 4 is 12.0 Å². The highest BCUT2D eigenvalue weighted by atomic mass is 16.5. The molecule has 0 spiro atoms. The fourth-order valence-electron chi connectivity index (χ4n) is 4.41. The largest absolute Gasteiger partial charge is 0.497 e. The Bertz CT molecular complexity index is 879. The number of carboxylic acids is 1. The van der Waals surface area contributed by atoms with Crippen LogP contribution in [0.15, 0.2) is 36.5 Å². The molecular weight excluding hydrogens is 360 g/mol. The highest BCUT2D eigenvalue weighted by Gasteiger charge is 2.55. The number of rotatable bonds is 5. The van der Waals surface area contributed by atoms with Crippen molar-refractivity contribution in [3.05, 3.63) is 42.2 Å². The zero-order valence-electron chi connectivity index (χ0n) is 15.8. The van der Waals surface area contributed by atoms with Crippen LogP contribution in [0.2, 0.25) is 0 Å². The fraction of sp³-hybridized carbons (Fsp3) is 0.450. The Balaban J connectivity index is 1.35. The van der Waals surface area contributed by atoms with Crippen LogP contribution >= 0.6 is 0 Å². The van der Waals surface area contributed by atoms with Crippen molar-refractivity contribution in [3.63, 3.8) is 0 Å². The Morgan fingerprint density at radius 3 is 2.79 bits per heavy atom. The van der Waals surface area contributed by atoms with Gasteiger partial charge in [-0.05, 0) is 49.1 Å². The summed E-state index contributed by atoms with van der Waals surface area (Å²) in [7, 11) is 1.62. The average molecular weight is 384 g/mol. The maximum Gasteiger partial charge on any atom is 0.317 e. The minimum atomic E-state index is -0.775. The smallest absolute Gasteiger partial charge is 0.317 e. The van der Waals surface area contributed by atoms with Crippen molar-refractivity contribution in [2.75, 3.05) is 20.2 Å². The molecule has 0 bridgehead atoms. The number of hydrogen-bond acceptors (Lipinski definition) is 4. The zero-order chi connectivity index (χ0) is 19.7. The molecule has 1 aromatic carbocycles. The lowest BCUT2D eigenvalue weighted by molar-refractivity contribution is -0.149. The third-order valence-corrected chi connectivity index (χ3v) is 5.99. The third kappa shape index (κ3) is 3.19. The highest BCUT2D eigenvalue weighted by Crippen LogP contribution is 2.48. The van der Waals surface area contributed by atoms with Gasteiger partial charge in [0, 0.05) is 19.3 Å². The minimum Gasteiger partial charge on any atom is -0.497 e. The first-order valence-electron chi connectivity index (χ1n) is 9.47. The van der Waals surface area contributed by atoms with Crippen molar-refractivity contribution in [2.45, 2.75) is 25.8 Å². The normalized spacial score (nSPS) is 23.5. The van der Waals surface area contributed by atoms with E-state index in [0.717, 1.165) is 30.0 Å². The van der Waals surface area contributed by atoms with Crippen LogP contribution in [0.5, 0.6) is 5.75 Å². The van der Waals surface area contributed by atoms with Gasteiger partial charge in [0.2, 0.25) is 0 Å². The first kappa shape index (κ1) is 18.3. The van der Waals surface area contributed by atoms with Gasteiger partial charge in [-0.15, -0.1) is 0 Å². The van der Waals surface area contributed by atoms with Gasteiger partial charge in [-0.3, -0.25) is 4.79 Å². The summed E-state index contributed by atoms with van der Waals surface area (Å²) in [5.74, 6) is 0.0615. The summed E-state index contributed by atoms with van der Waals surface area (Å²) in [6.07, 6.45) is 4.30.